The molecule has 0 aliphatic rings. The first kappa shape index (κ1) is 17.1. The Labute approximate surface area is 154 Å². The zero-order valence-electron chi connectivity index (χ0n) is 13.8. The van der Waals surface area contributed by atoms with Gasteiger partial charge in [0.05, 0.1) is 16.6 Å². The lowest BCUT2D eigenvalue weighted by molar-refractivity contribution is 0.0681. The standard InChI is InChI=1S/C18H12N2O8/c21-9-3-6-7(4-10(9)22)19-15(18(27)28)12(6)13-14-5(2-11(23)16(13)24)1-8(20-14)17(25)26/h1-4,19-24H,(H,25,26)(H,27,28). The van der Waals surface area contributed by atoms with E-state index < -0.39 is 40.6 Å². The van der Waals surface area contributed by atoms with Crippen molar-refractivity contribution in [2.75, 3.05) is 0 Å². The van der Waals surface area contributed by atoms with Gasteiger partial charge in [0.2, 0.25) is 0 Å². The number of aromatic hydroxyl groups is 4. The Morgan fingerprint density at radius 2 is 1.43 bits per heavy atom. The maximum absolute atomic E-state index is 11.8. The van der Waals surface area contributed by atoms with Gasteiger partial charge in [-0.25, -0.2) is 9.59 Å². The number of aromatic nitrogens is 2. The zero-order valence-corrected chi connectivity index (χ0v) is 13.8. The van der Waals surface area contributed by atoms with Crippen LogP contribution in [0.5, 0.6) is 23.0 Å². The van der Waals surface area contributed by atoms with Gasteiger partial charge >= 0.3 is 11.9 Å². The molecule has 0 aliphatic carbocycles. The van der Waals surface area contributed by atoms with Gasteiger partial charge in [-0.2, -0.15) is 0 Å². The van der Waals surface area contributed by atoms with Crippen LogP contribution >= 0.6 is 0 Å². The summed E-state index contributed by atoms with van der Waals surface area (Å²) < 4.78 is 0. The second kappa shape index (κ2) is 5.58. The van der Waals surface area contributed by atoms with Crippen LogP contribution in [0, 0.1) is 0 Å². The van der Waals surface area contributed by atoms with Crippen LogP contribution in [0.2, 0.25) is 0 Å². The van der Waals surface area contributed by atoms with E-state index in [1.54, 1.807) is 0 Å². The minimum Gasteiger partial charge on any atom is -0.504 e. The van der Waals surface area contributed by atoms with Crippen molar-refractivity contribution in [3.05, 3.63) is 35.7 Å². The molecular weight excluding hydrogens is 372 g/mol. The summed E-state index contributed by atoms with van der Waals surface area (Å²) >= 11 is 0. The Balaban J connectivity index is 2.21. The molecule has 2 aromatic carbocycles. The molecule has 0 unspecified atom stereocenters. The largest absolute Gasteiger partial charge is 0.504 e. The summed E-state index contributed by atoms with van der Waals surface area (Å²) in [6.45, 7) is 0. The average Bonchev–Trinajstić information content (AvgIpc) is 3.18. The van der Waals surface area contributed by atoms with Crippen molar-refractivity contribution in [2.24, 2.45) is 0 Å². The first-order valence-electron chi connectivity index (χ1n) is 7.81. The fourth-order valence-corrected chi connectivity index (χ4v) is 3.25. The number of benzene rings is 2. The summed E-state index contributed by atoms with van der Waals surface area (Å²) in [4.78, 5) is 28.2. The SMILES string of the molecule is O=C(O)c1cc2cc(O)c(O)c(-c3c(C(=O)O)[nH]c4cc(O)c(O)cc34)c2[nH]1. The van der Waals surface area contributed by atoms with E-state index in [-0.39, 0.29) is 38.6 Å². The monoisotopic (exact) mass is 384 g/mol. The number of nitrogens with one attached hydrogen (secondary N) is 2. The number of carboxylic acids is 2. The van der Waals surface area contributed by atoms with Gasteiger partial charge in [-0.05, 0) is 18.2 Å². The van der Waals surface area contributed by atoms with Crippen LogP contribution in [-0.2, 0) is 0 Å². The maximum Gasteiger partial charge on any atom is 0.352 e. The van der Waals surface area contributed by atoms with E-state index in [1.807, 2.05) is 0 Å². The fourth-order valence-electron chi connectivity index (χ4n) is 3.25. The molecule has 2 heterocycles. The first-order valence-corrected chi connectivity index (χ1v) is 7.81. The van der Waals surface area contributed by atoms with Gasteiger partial charge in [-0.1, -0.05) is 0 Å². The molecule has 2 aromatic heterocycles. The molecule has 4 aromatic rings. The third-order valence-electron chi connectivity index (χ3n) is 4.46. The molecular formula is C18H12N2O8. The summed E-state index contributed by atoms with van der Waals surface area (Å²) in [5.41, 5.74) is -0.689. The van der Waals surface area contributed by atoms with Crippen LogP contribution in [0.4, 0.5) is 0 Å². The number of aromatic carboxylic acids is 2. The molecule has 0 amide bonds. The predicted molar refractivity (Wildman–Crippen MR) is 96.2 cm³/mol. The molecule has 0 saturated heterocycles. The zero-order chi connectivity index (χ0) is 20.3. The summed E-state index contributed by atoms with van der Waals surface area (Å²) in [6, 6.07) is 4.56. The summed E-state index contributed by atoms with van der Waals surface area (Å²) in [5, 5.41) is 59.2. The highest BCUT2D eigenvalue weighted by Crippen LogP contribution is 2.47. The summed E-state index contributed by atoms with van der Waals surface area (Å²) in [5.74, 6) is -4.99. The topological polar surface area (TPSA) is 187 Å². The van der Waals surface area contributed by atoms with Crippen LogP contribution in [0.3, 0.4) is 0 Å². The molecule has 0 aliphatic heterocycles. The molecule has 28 heavy (non-hydrogen) atoms. The number of carbonyl (C=O) groups is 2. The molecule has 0 atom stereocenters. The molecule has 10 heteroatoms. The van der Waals surface area contributed by atoms with Gasteiger partial charge < -0.3 is 40.6 Å². The number of fused-ring (bicyclic) bond motifs is 2. The maximum atomic E-state index is 11.8. The number of H-pyrrole nitrogens is 2. The van der Waals surface area contributed by atoms with E-state index in [0.717, 1.165) is 18.2 Å². The number of rotatable bonds is 3. The molecule has 0 bridgehead atoms. The van der Waals surface area contributed by atoms with Crippen molar-refractivity contribution >= 4 is 33.7 Å². The second-order valence-electron chi connectivity index (χ2n) is 6.14. The Bertz CT molecular complexity index is 1310. The Hall–Kier alpha value is -4.34. The van der Waals surface area contributed by atoms with Gasteiger partial charge in [0.15, 0.2) is 23.0 Å². The van der Waals surface area contributed by atoms with E-state index in [9.17, 15) is 40.2 Å². The van der Waals surface area contributed by atoms with Crippen molar-refractivity contribution in [3.8, 4) is 34.1 Å². The second-order valence-corrected chi connectivity index (χ2v) is 6.14. The highest BCUT2D eigenvalue weighted by atomic mass is 16.4. The third-order valence-corrected chi connectivity index (χ3v) is 4.46. The van der Waals surface area contributed by atoms with Gasteiger partial charge in [0.25, 0.3) is 0 Å². The Kier molecular flexibility index (Phi) is 3.40. The van der Waals surface area contributed by atoms with Gasteiger partial charge in [0, 0.05) is 22.4 Å². The highest BCUT2D eigenvalue weighted by molar-refractivity contribution is 6.15. The normalized spacial score (nSPS) is 11.3. The average molecular weight is 384 g/mol. The number of hydrogen-bond acceptors (Lipinski definition) is 6. The Morgan fingerprint density at radius 3 is 2.07 bits per heavy atom. The smallest absolute Gasteiger partial charge is 0.352 e. The molecule has 4 rings (SSSR count). The quantitative estimate of drug-likeness (QED) is 0.247. The van der Waals surface area contributed by atoms with E-state index >= 15 is 0 Å². The lowest BCUT2D eigenvalue weighted by Crippen LogP contribution is -1.99. The van der Waals surface area contributed by atoms with E-state index in [4.69, 9.17) is 0 Å². The third kappa shape index (κ3) is 2.28. The molecule has 0 spiro atoms. The van der Waals surface area contributed by atoms with Crippen LogP contribution in [0.25, 0.3) is 32.9 Å². The van der Waals surface area contributed by atoms with E-state index in [2.05, 4.69) is 9.97 Å². The number of hydrogen-bond donors (Lipinski definition) is 8. The van der Waals surface area contributed by atoms with Crippen molar-refractivity contribution < 1.29 is 40.2 Å². The van der Waals surface area contributed by atoms with Crippen molar-refractivity contribution in [1.82, 2.24) is 9.97 Å². The number of phenols is 4. The summed E-state index contributed by atoms with van der Waals surface area (Å²) in [6.07, 6.45) is 0. The van der Waals surface area contributed by atoms with E-state index in [0.29, 0.717) is 0 Å². The Morgan fingerprint density at radius 1 is 0.750 bits per heavy atom. The molecule has 8 N–H and O–H groups in total. The minimum absolute atomic E-state index is 0.0728. The fraction of sp³-hybridized carbons (Fsp3) is 0. The molecule has 0 saturated carbocycles. The van der Waals surface area contributed by atoms with Crippen LogP contribution in [0.1, 0.15) is 21.0 Å². The van der Waals surface area contributed by atoms with Gasteiger partial charge in [-0.3, -0.25) is 0 Å². The van der Waals surface area contributed by atoms with E-state index in [1.165, 1.54) is 6.07 Å². The predicted octanol–water partition coefficient (Wildman–Crippen LogP) is 2.54. The van der Waals surface area contributed by atoms with Crippen LogP contribution in [-0.4, -0.2) is 52.5 Å². The van der Waals surface area contributed by atoms with Crippen molar-refractivity contribution in [3.63, 3.8) is 0 Å². The molecule has 142 valence electrons. The lowest BCUT2D eigenvalue weighted by atomic mass is 9.97. The highest BCUT2D eigenvalue weighted by Gasteiger charge is 2.27. The number of phenolic OH excluding ortho intramolecular Hbond substituents is 4. The van der Waals surface area contributed by atoms with Crippen LogP contribution < -0.4 is 0 Å². The number of carboxylic acid groups (broad SMARTS) is 2. The lowest BCUT2D eigenvalue weighted by Gasteiger charge is -2.09. The first-order chi connectivity index (χ1) is 13.2. The minimum atomic E-state index is -1.41. The van der Waals surface area contributed by atoms with Crippen molar-refractivity contribution in [2.45, 2.75) is 0 Å². The van der Waals surface area contributed by atoms with Crippen LogP contribution in [0.15, 0.2) is 24.3 Å². The van der Waals surface area contributed by atoms with Gasteiger partial charge in [-0.15, -0.1) is 0 Å². The molecule has 0 radical (unpaired) electrons. The molecule has 10 nitrogen and oxygen atoms in total. The number of aromatic amines is 2. The molecule has 0 fully saturated rings. The summed E-state index contributed by atoms with van der Waals surface area (Å²) in [7, 11) is 0. The van der Waals surface area contributed by atoms with Gasteiger partial charge in [0.1, 0.15) is 11.4 Å². The van der Waals surface area contributed by atoms with Crippen molar-refractivity contribution in [1.29, 1.82) is 0 Å².